The Labute approximate surface area is 177 Å². The van der Waals surface area contributed by atoms with Crippen molar-refractivity contribution in [3.05, 3.63) is 74.3 Å². The van der Waals surface area contributed by atoms with Crippen molar-refractivity contribution in [3.63, 3.8) is 0 Å². The van der Waals surface area contributed by atoms with E-state index in [0.717, 1.165) is 20.1 Å². The first-order chi connectivity index (χ1) is 12.9. The topological polar surface area (TPSA) is 71.4 Å². The predicted octanol–water partition coefficient (Wildman–Crippen LogP) is 6.01. The summed E-state index contributed by atoms with van der Waals surface area (Å²) in [4.78, 5) is 11.0. The molecule has 0 spiro atoms. The quantitative estimate of drug-likeness (QED) is 0.213. The molecular weight excluding hydrogens is 421 g/mol. The minimum Gasteiger partial charge on any atom is -0.398 e. The molecule has 3 aromatic rings. The number of halogens is 2. The van der Waals surface area contributed by atoms with Gasteiger partial charge in [0.1, 0.15) is 6.07 Å². The summed E-state index contributed by atoms with van der Waals surface area (Å²) < 4.78 is 1.05. The average molecular weight is 434 g/mol. The minimum absolute atomic E-state index is 0.0139. The number of nitrogens with zero attached hydrogens (tertiary/aromatic N) is 4. The van der Waals surface area contributed by atoms with Crippen molar-refractivity contribution in [2.45, 2.75) is 11.4 Å². The van der Waals surface area contributed by atoms with Crippen LogP contribution in [0.2, 0.25) is 10.0 Å². The number of nitrogens with two attached hydrogens (primary N) is 1. The second-order valence-electron chi connectivity index (χ2n) is 4.71. The average Bonchev–Trinajstić information content (AvgIpc) is 3.02. The van der Waals surface area contributed by atoms with E-state index in [0.29, 0.717) is 22.3 Å². The number of benzene rings is 2. The molecule has 9 heteroatoms. The Morgan fingerprint density at radius 3 is 2.33 bits per heavy atom. The zero-order valence-corrected chi connectivity index (χ0v) is 17.1. The Morgan fingerprint density at radius 2 is 1.81 bits per heavy atom. The number of anilines is 1. The summed E-state index contributed by atoms with van der Waals surface area (Å²) in [5, 5.41) is 9.83. The van der Waals surface area contributed by atoms with Crippen LogP contribution in [-0.2, 0) is 6.54 Å². The molecule has 136 valence electrons. The van der Waals surface area contributed by atoms with Gasteiger partial charge >= 0.3 is 0 Å². The lowest BCUT2D eigenvalue weighted by Crippen LogP contribution is -1.84. The van der Waals surface area contributed by atoms with Crippen molar-refractivity contribution in [2.24, 2.45) is 0 Å². The third kappa shape index (κ3) is 8.17. The Bertz CT molecular complexity index is 1020. The lowest BCUT2D eigenvalue weighted by Gasteiger charge is -1.96. The molecule has 0 aliphatic heterocycles. The van der Waals surface area contributed by atoms with Crippen molar-refractivity contribution >= 4 is 63.1 Å². The van der Waals surface area contributed by atoms with Crippen LogP contribution in [0.4, 0.5) is 5.69 Å². The van der Waals surface area contributed by atoms with Gasteiger partial charge < -0.3 is 15.4 Å². The summed E-state index contributed by atoms with van der Waals surface area (Å²) in [6, 6.07) is 12.4. The number of thiol groups is 1. The molecule has 0 fully saturated rings. The molecule has 0 aliphatic carbocycles. The fourth-order valence-corrected chi connectivity index (χ4v) is 3.26. The SMILES string of the molecule is Nc1ccc(Cl)cc1S.[C-]#[N+]CC#N.[C-]#[N+]Cc1nc2ccc(Cl)cc2s1. The number of hydrogen-bond donors (Lipinski definition) is 2. The van der Waals surface area contributed by atoms with Gasteiger partial charge in [0.05, 0.1) is 10.2 Å². The molecule has 0 aliphatic rings. The van der Waals surface area contributed by atoms with E-state index in [4.69, 9.17) is 47.3 Å². The molecule has 0 saturated heterocycles. The van der Waals surface area contributed by atoms with Gasteiger partial charge in [-0.3, -0.25) is 0 Å². The number of aromatic nitrogens is 1. The Balaban J connectivity index is 0.000000227. The summed E-state index contributed by atoms with van der Waals surface area (Å²) in [6.45, 7) is 13.1. The fraction of sp³-hybridized carbons (Fsp3) is 0.111. The molecule has 1 heterocycles. The van der Waals surface area contributed by atoms with Crippen molar-refractivity contribution in [2.75, 3.05) is 12.3 Å². The van der Waals surface area contributed by atoms with Crippen LogP contribution in [0.25, 0.3) is 19.9 Å². The third-order valence-corrected chi connectivity index (χ3v) is 4.61. The van der Waals surface area contributed by atoms with Crippen LogP contribution in [0.15, 0.2) is 41.3 Å². The van der Waals surface area contributed by atoms with E-state index in [2.05, 4.69) is 27.3 Å². The standard InChI is InChI=1S/C9H5ClN2S.C6H6ClNS.C3H2N2/c1-11-5-9-12-7-3-2-6(10)4-8(7)13-9;7-4-1-2-5(8)6(9)3-4;1-5-3-2-4/h2-4H,5H2;1-3,9H,8H2;3H2. The van der Waals surface area contributed by atoms with Crippen LogP contribution in [-0.4, -0.2) is 11.5 Å². The van der Waals surface area contributed by atoms with E-state index in [1.807, 2.05) is 18.2 Å². The zero-order chi connectivity index (χ0) is 20.2. The van der Waals surface area contributed by atoms with Crippen LogP contribution >= 0.6 is 47.2 Å². The molecule has 3 rings (SSSR count). The van der Waals surface area contributed by atoms with Crippen molar-refractivity contribution in [3.8, 4) is 6.07 Å². The maximum absolute atomic E-state index is 7.60. The van der Waals surface area contributed by atoms with Crippen molar-refractivity contribution in [1.82, 2.24) is 4.98 Å². The molecule has 1 aromatic heterocycles. The molecule has 0 amide bonds. The molecule has 0 saturated carbocycles. The summed E-state index contributed by atoms with van der Waals surface area (Å²) >= 11 is 17.0. The molecule has 2 N–H and O–H groups in total. The molecule has 5 nitrogen and oxygen atoms in total. The third-order valence-electron chi connectivity index (χ3n) is 2.75. The number of hydrogen-bond acceptors (Lipinski definition) is 5. The monoisotopic (exact) mass is 433 g/mol. The van der Waals surface area contributed by atoms with Gasteiger partial charge in [0.15, 0.2) is 5.01 Å². The number of fused-ring (bicyclic) bond motifs is 1. The smallest absolute Gasteiger partial charge is 0.298 e. The van der Waals surface area contributed by atoms with Crippen LogP contribution < -0.4 is 5.73 Å². The van der Waals surface area contributed by atoms with E-state index in [1.54, 1.807) is 24.3 Å². The molecule has 0 bridgehead atoms. The van der Waals surface area contributed by atoms with E-state index in [-0.39, 0.29) is 6.54 Å². The Kier molecular flexibility index (Phi) is 10.0. The lowest BCUT2D eigenvalue weighted by atomic mass is 10.3. The van der Waals surface area contributed by atoms with Gasteiger partial charge in [0.2, 0.25) is 0 Å². The van der Waals surface area contributed by atoms with Gasteiger partial charge in [0, 0.05) is 20.6 Å². The number of rotatable bonds is 1. The molecule has 27 heavy (non-hydrogen) atoms. The maximum atomic E-state index is 7.60. The summed E-state index contributed by atoms with van der Waals surface area (Å²) in [7, 11) is 0. The first kappa shape index (κ1) is 22.6. The first-order valence-corrected chi connectivity index (χ1v) is 9.25. The molecule has 0 radical (unpaired) electrons. The van der Waals surface area contributed by atoms with Gasteiger partial charge in [-0.05, 0) is 36.4 Å². The van der Waals surface area contributed by atoms with E-state index in [9.17, 15) is 0 Å². The highest BCUT2D eigenvalue weighted by molar-refractivity contribution is 7.80. The van der Waals surface area contributed by atoms with Crippen LogP contribution in [0, 0.1) is 24.5 Å². The van der Waals surface area contributed by atoms with E-state index in [1.165, 1.54) is 11.3 Å². The highest BCUT2D eigenvalue weighted by atomic mass is 35.5. The first-order valence-electron chi connectivity index (χ1n) is 7.23. The highest BCUT2D eigenvalue weighted by Crippen LogP contribution is 2.25. The molecule has 0 unspecified atom stereocenters. The Hall–Kier alpha value is -2.47. The summed E-state index contributed by atoms with van der Waals surface area (Å²) in [6.07, 6.45) is 0. The van der Waals surface area contributed by atoms with Gasteiger partial charge in [0.25, 0.3) is 13.1 Å². The largest absolute Gasteiger partial charge is 0.398 e. The lowest BCUT2D eigenvalue weighted by molar-refractivity contribution is 1.21. The minimum atomic E-state index is -0.0139. The predicted molar refractivity (Wildman–Crippen MR) is 115 cm³/mol. The van der Waals surface area contributed by atoms with Gasteiger partial charge in [-0.15, -0.1) is 24.0 Å². The second-order valence-corrected chi connectivity index (χ2v) is 7.18. The number of nitriles is 1. The molecule has 0 atom stereocenters. The molecular formula is C18H13Cl2N5S2. The number of thiazole rings is 1. The van der Waals surface area contributed by atoms with E-state index < -0.39 is 0 Å². The Morgan fingerprint density at radius 1 is 1.15 bits per heavy atom. The second kappa shape index (κ2) is 12.0. The van der Waals surface area contributed by atoms with Crippen LogP contribution in [0.3, 0.4) is 0 Å². The van der Waals surface area contributed by atoms with Crippen molar-refractivity contribution in [1.29, 1.82) is 5.26 Å². The zero-order valence-electron chi connectivity index (χ0n) is 13.9. The van der Waals surface area contributed by atoms with Crippen LogP contribution in [0.5, 0.6) is 0 Å². The van der Waals surface area contributed by atoms with Crippen molar-refractivity contribution < 1.29 is 0 Å². The highest BCUT2D eigenvalue weighted by Gasteiger charge is 2.05. The number of nitrogen functional groups attached to an aromatic ring is 1. The van der Waals surface area contributed by atoms with Gasteiger partial charge in [-0.1, -0.05) is 23.2 Å². The summed E-state index contributed by atoms with van der Waals surface area (Å²) in [5.41, 5.74) is 7.03. The fourth-order valence-electron chi connectivity index (χ4n) is 1.63. The molecule has 2 aromatic carbocycles. The van der Waals surface area contributed by atoms with Gasteiger partial charge in [-0.25, -0.2) is 18.1 Å². The van der Waals surface area contributed by atoms with Crippen LogP contribution in [0.1, 0.15) is 5.01 Å². The maximum Gasteiger partial charge on any atom is 0.298 e. The van der Waals surface area contributed by atoms with Gasteiger partial charge in [-0.2, -0.15) is 5.26 Å². The summed E-state index contributed by atoms with van der Waals surface area (Å²) in [5.74, 6) is 0. The van der Waals surface area contributed by atoms with E-state index >= 15 is 0 Å². The normalized spacial score (nSPS) is 8.89.